The van der Waals surface area contributed by atoms with Gasteiger partial charge in [0.15, 0.2) is 0 Å². The van der Waals surface area contributed by atoms with Gasteiger partial charge >= 0.3 is 0 Å². The fraction of sp³-hybridized carbons (Fsp3) is 0.190. The lowest BCUT2D eigenvalue weighted by molar-refractivity contribution is 1.04. The van der Waals surface area contributed by atoms with Crippen molar-refractivity contribution >= 4 is 38.0 Å². The maximum Gasteiger partial charge on any atom is 0.273 e. The third-order valence-electron chi connectivity index (χ3n) is 4.69. The summed E-state index contributed by atoms with van der Waals surface area (Å²) in [6.45, 7) is 2.18. The number of benzene rings is 2. The molecule has 2 aromatic heterocycles. The number of aryl methyl sites for hydroxylation is 1. The summed E-state index contributed by atoms with van der Waals surface area (Å²) in [7, 11) is 4.14. The number of rotatable bonds is 3. The Balaban J connectivity index is 2.26. The van der Waals surface area contributed by atoms with Crippen LogP contribution in [0.2, 0.25) is 0 Å². The molecule has 0 aliphatic carbocycles. The van der Waals surface area contributed by atoms with Crippen molar-refractivity contribution in [1.82, 2.24) is 4.57 Å². The molecule has 0 N–H and O–H groups in total. The number of nitrogens with zero attached hydrogens (tertiary/aromatic N) is 2. The Labute approximate surface area is 150 Å². The Bertz CT molecular complexity index is 1120. The van der Waals surface area contributed by atoms with Crippen LogP contribution in [0.5, 0.6) is 0 Å². The third-order valence-corrected chi connectivity index (χ3v) is 5.59. The summed E-state index contributed by atoms with van der Waals surface area (Å²) in [4.78, 5) is 15.3. The van der Waals surface area contributed by atoms with Crippen LogP contribution in [0.15, 0.2) is 58.7 Å². The number of fused-ring (bicyclic) bond motifs is 3. The fourth-order valence-corrected chi connectivity index (χ4v) is 4.43. The van der Waals surface area contributed by atoms with Crippen LogP contribution in [-0.2, 0) is 6.42 Å². The van der Waals surface area contributed by atoms with E-state index in [1.165, 1.54) is 28.0 Å². The van der Waals surface area contributed by atoms with Crippen molar-refractivity contribution in [3.05, 3.63) is 69.8 Å². The zero-order chi connectivity index (χ0) is 17.6. The lowest BCUT2D eigenvalue weighted by Gasteiger charge is -2.21. The summed E-state index contributed by atoms with van der Waals surface area (Å²) < 4.78 is 2.68. The Kier molecular flexibility index (Phi) is 3.85. The molecule has 0 aliphatic heterocycles. The number of pyridine rings is 1. The van der Waals surface area contributed by atoms with Gasteiger partial charge in [-0.15, -0.1) is 11.3 Å². The average Bonchev–Trinajstić information content (AvgIpc) is 3.11. The summed E-state index contributed by atoms with van der Waals surface area (Å²) in [5.41, 5.74) is 4.44. The number of para-hydroxylation sites is 1. The first-order valence-corrected chi connectivity index (χ1v) is 9.32. The van der Waals surface area contributed by atoms with Crippen molar-refractivity contribution in [2.45, 2.75) is 13.3 Å². The maximum atomic E-state index is 13.2. The quantitative estimate of drug-likeness (QED) is 0.530. The standard InChI is InChI=1S/C21H20N2OS/c1-4-15-17(22(2)3)10-11-18-19(15)16-12-13-25-20(16)21(24)23(18)14-8-6-5-7-9-14/h5-13H,4H2,1-3H3. The van der Waals surface area contributed by atoms with Gasteiger partial charge in [-0.05, 0) is 47.7 Å². The largest absolute Gasteiger partial charge is 0.377 e. The minimum atomic E-state index is 0.0587. The molecule has 0 unspecified atom stereocenters. The van der Waals surface area contributed by atoms with Crippen LogP contribution in [0.4, 0.5) is 5.69 Å². The Hall–Kier alpha value is -2.59. The highest BCUT2D eigenvalue weighted by molar-refractivity contribution is 7.17. The first-order chi connectivity index (χ1) is 12.1. The molecule has 0 fully saturated rings. The zero-order valence-corrected chi connectivity index (χ0v) is 15.4. The van der Waals surface area contributed by atoms with E-state index < -0.39 is 0 Å². The van der Waals surface area contributed by atoms with E-state index in [9.17, 15) is 4.79 Å². The Morgan fingerprint density at radius 1 is 1.04 bits per heavy atom. The SMILES string of the molecule is CCc1c(N(C)C)ccc2c1c1ccsc1c(=O)n2-c1ccccc1. The predicted octanol–water partition coefficient (Wildman–Crippen LogP) is 4.83. The second-order valence-corrected chi connectivity index (χ2v) is 7.26. The molecule has 4 rings (SSSR count). The molecule has 2 aromatic carbocycles. The van der Waals surface area contributed by atoms with Gasteiger partial charge in [0, 0.05) is 36.2 Å². The van der Waals surface area contributed by atoms with Crippen LogP contribution in [0, 0.1) is 0 Å². The average molecular weight is 348 g/mol. The molecule has 4 heteroatoms. The molecule has 0 aliphatic rings. The van der Waals surface area contributed by atoms with E-state index in [1.54, 1.807) is 0 Å². The minimum Gasteiger partial charge on any atom is -0.377 e. The summed E-state index contributed by atoms with van der Waals surface area (Å²) >= 11 is 1.52. The molecule has 126 valence electrons. The summed E-state index contributed by atoms with van der Waals surface area (Å²) in [5.74, 6) is 0. The molecular formula is C21H20N2OS. The second kappa shape index (κ2) is 6.05. The van der Waals surface area contributed by atoms with Gasteiger partial charge < -0.3 is 4.90 Å². The third kappa shape index (κ3) is 2.36. The molecule has 0 saturated heterocycles. The molecule has 4 aromatic rings. The van der Waals surface area contributed by atoms with Gasteiger partial charge in [0.25, 0.3) is 5.56 Å². The minimum absolute atomic E-state index is 0.0587. The molecule has 0 atom stereocenters. The predicted molar refractivity (Wildman–Crippen MR) is 109 cm³/mol. The number of thiophene rings is 1. The smallest absolute Gasteiger partial charge is 0.273 e. The molecule has 0 bridgehead atoms. The monoisotopic (exact) mass is 348 g/mol. The van der Waals surface area contributed by atoms with E-state index in [0.29, 0.717) is 0 Å². The van der Waals surface area contributed by atoms with Crippen molar-refractivity contribution < 1.29 is 0 Å². The van der Waals surface area contributed by atoms with Crippen molar-refractivity contribution in [3.63, 3.8) is 0 Å². The van der Waals surface area contributed by atoms with Crippen molar-refractivity contribution in [1.29, 1.82) is 0 Å². The van der Waals surface area contributed by atoms with Gasteiger partial charge in [-0.1, -0.05) is 25.1 Å². The van der Waals surface area contributed by atoms with Crippen LogP contribution >= 0.6 is 11.3 Å². The highest BCUT2D eigenvalue weighted by atomic mass is 32.1. The van der Waals surface area contributed by atoms with E-state index in [4.69, 9.17) is 0 Å². The molecule has 0 spiro atoms. The second-order valence-electron chi connectivity index (χ2n) is 6.34. The van der Waals surface area contributed by atoms with E-state index in [2.05, 4.69) is 44.1 Å². The number of anilines is 1. The Morgan fingerprint density at radius 3 is 2.48 bits per heavy atom. The number of aromatic nitrogens is 1. The highest BCUT2D eigenvalue weighted by Gasteiger charge is 2.18. The molecule has 0 radical (unpaired) electrons. The Morgan fingerprint density at radius 2 is 1.80 bits per heavy atom. The zero-order valence-electron chi connectivity index (χ0n) is 14.6. The lowest BCUT2D eigenvalue weighted by Crippen LogP contribution is -2.19. The normalized spacial score (nSPS) is 11.3. The van der Waals surface area contributed by atoms with E-state index in [1.807, 2.05) is 40.3 Å². The van der Waals surface area contributed by atoms with Gasteiger partial charge in [-0.3, -0.25) is 9.36 Å². The van der Waals surface area contributed by atoms with Crippen LogP contribution in [0.1, 0.15) is 12.5 Å². The number of hydrogen-bond donors (Lipinski definition) is 0. The topological polar surface area (TPSA) is 25.2 Å². The molecule has 25 heavy (non-hydrogen) atoms. The summed E-state index contributed by atoms with van der Waals surface area (Å²) in [5, 5.41) is 4.27. The van der Waals surface area contributed by atoms with Gasteiger partial charge in [0.05, 0.1) is 5.52 Å². The van der Waals surface area contributed by atoms with Gasteiger partial charge in [-0.25, -0.2) is 0 Å². The number of hydrogen-bond acceptors (Lipinski definition) is 3. The molecule has 2 heterocycles. The lowest BCUT2D eigenvalue weighted by atomic mass is 10.00. The van der Waals surface area contributed by atoms with Crippen molar-refractivity contribution in [2.24, 2.45) is 0 Å². The maximum absolute atomic E-state index is 13.2. The van der Waals surface area contributed by atoms with Crippen LogP contribution in [0.3, 0.4) is 0 Å². The van der Waals surface area contributed by atoms with E-state index in [0.717, 1.165) is 27.7 Å². The summed E-state index contributed by atoms with van der Waals surface area (Å²) in [6.07, 6.45) is 0.919. The van der Waals surface area contributed by atoms with Gasteiger partial charge in [0.2, 0.25) is 0 Å². The van der Waals surface area contributed by atoms with Gasteiger partial charge in [-0.2, -0.15) is 0 Å². The van der Waals surface area contributed by atoms with Gasteiger partial charge in [0.1, 0.15) is 4.70 Å². The molecule has 0 saturated carbocycles. The van der Waals surface area contributed by atoms with E-state index in [-0.39, 0.29) is 5.56 Å². The molecule has 0 amide bonds. The first kappa shape index (κ1) is 15.9. The first-order valence-electron chi connectivity index (χ1n) is 8.44. The molecule has 3 nitrogen and oxygen atoms in total. The van der Waals surface area contributed by atoms with Crippen LogP contribution < -0.4 is 10.5 Å². The summed E-state index contributed by atoms with van der Waals surface area (Å²) in [6, 6.07) is 16.2. The van der Waals surface area contributed by atoms with Crippen molar-refractivity contribution in [2.75, 3.05) is 19.0 Å². The van der Waals surface area contributed by atoms with Crippen LogP contribution in [0.25, 0.3) is 26.7 Å². The fourth-order valence-electron chi connectivity index (χ4n) is 3.60. The van der Waals surface area contributed by atoms with Crippen molar-refractivity contribution in [3.8, 4) is 5.69 Å². The van der Waals surface area contributed by atoms with Crippen LogP contribution in [-0.4, -0.2) is 18.7 Å². The molecular weight excluding hydrogens is 328 g/mol. The highest BCUT2D eigenvalue weighted by Crippen LogP contribution is 2.35. The van der Waals surface area contributed by atoms with E-state index >= 15 is 0 Å².